The SMILES string of the molecule is CC(C)(C)OC(=O)c1ccc(OCCNC(=O)[C@@H]2Cc3ccccc3N2S(=O)(=O)c2ccc(-c3ccc(F)cc3Cl)cc2)cc1. The highest BCUT2D eigenvalue weighted by Gasteiger charge is 2.42. The molecular weight excluding hydrogens is 619 g/mol. The van der Waals surface area contributed by atoms with Crippen LogP contribution in [-0.2, 0) is 26.0 Å². The van der Waals surface area contributed by atoms with Crippen LogP contribution < -0.4 is 14.4 Å². The summed E-state index contributed by atoms with van der Waals surface area (Å²) in [7, 11) is -4.15. The van der Waals surface area contributed by atoms with E-state index >= 15 is 0 Å². The molecule has 1 amide bonds. The Hall–Kier alpha value is -4.41. The predicted octanol–water partition coefficient (Wildman–Crippen LogP) is 6.42. The number of hydrogen-bond donors (Lipinski definition) is 1. The van der Waals surface area contributed by atoms with E-state index in [1.165, 1.54) is 30.3 Å². The number of benzene rings is 4. The normalized spacial score (nSPS) is 14.5. The van der Waals surface area contributed by atoms with Gasteiger partial charge in [0.15, 0.2) is 0 Å². The van der Waals surface area contributed by atoms with Crippen LogP contribution in [0.3, 0.4) is 0 Å². The molecule has 0 spiro atoms. The molecular formula is C34H32ClFN2O6S. The van der Waals surface area contributed by atoms with E-state index in [-0.39, 0.29) is 29.5 Å². The van der Waals surface area contributed by atoms with Gasteiger partial charge < -0.3 is 14.8 Å². The number of nitrogens with one attached hydrogen (secondary N) is 1. The topological polar surface area (TPSA) is 102 Å². The second kappa shape index (κ2) is 12.9. The molecule has 1 atom stereocenters. The van der Waals surface area contributed by atoms with Crippen molar-refractivity contribution in [3.63, 3.8) is 0 Å². The maximum atomic E-state index is 14.0. The minimum atomic E-state index is -4.15. The van der Waals surface area contributed by atoms with Crippen molar-refractivity contribution >= 4 is 39.2 Å². The van der Waals surface area contributed by atoms with Gasteiger partial charge >= 0.3 is 5.97 Å². The van der Waals surface area contributed by atoms with E-state index in [2.05, 4.69) is 5.32 Å². The van der Waals surface area contributed by atoms with E-state index in [0.29, 0.717) is 28.1 Å². The number of nitrogens with zero attached hydrogens (tertiary/aromatic N) is 1. The first-order valence-electron chi connectivity index (χ1n) is 14.3. The predicted molar refractivity (Wildman–Crippen MR) is 171 cm³/mol. The first-order valence-corrected chi connectivity index (χ1v) is 16.1. The molecule has 8 nitrogen and oxygen atoms in total. The van der Waals surface area contributed by atoms with Crippen LogP contribution in [-0.4, -0.2) is 45.1 Å². The van der Waals surface area contributed by atoms with Gasteiger partial charge in [0.1, 0.15) is 29.8 Å². The van der Waals surface area contributed by atoms with Gasteiger partial charge in [-0.15, -0.1) is 0 Å². The van der Waals surface area contributed by atoms with Crippen LogP contribution in [0.4, 0.5) is 10.1 Å². The number of ether oxygens (including phenoxy) is 2. The largest absolute Gasteiger partial charge is 0.492 e. The number of anilines is 1. The van der Waals surface area contributed by atoms with Crippen molar-refractivity contribution in [1.82, 2.24) is 5.32 Å². The van der Waals surface area contributed by atoms with E-state index < -0.39 is 39.4 Å². The Balaban J connectivity index is 1.26. The van der Waals surface area contributed by atoms with Crippen LogP contribution in [0.1, 0.15) is 36.7 Å². The molecule has 4 aromatic rings. The van der Waals surface area contributed by atoms with Gasteiger partial charge in [-0.2, -0.15) is 0 Å². The number of hydrogen-bond acceptors (Lipinski definition) is 6. The van der Waals surface area contributed by atoms with Crippen LogP contribution in [0.25, 0.3) is 11.1 Å². The molecule has 0 aliphatic carbocycles. The van der Waals surface area contributed by atoms with Crippen molar-refractivity contribution < 1.29 is 31.9 Å². The summed E-state index contributed by atoms with van der Waals surface area (Å²) >= 11 is 6.19. The van der Waals surface area contributed by atoms with Crippen molar-refractivity contribution in [3.05, 3.63) is 113 Å². The molecule has 0 radical (unpaired) electrons. The standard InChI is InChI=1S/C34H32ClFN2O6S/c1-34(2,3)44-33(40)23-8-13-26(14-9-23)43-19-18-37-32(39)31-20-24-6-4-5-7-30(24)38(31)45(41,42)27-15-10-22(11-16-27)28-17-12-25(36)21-29(28)35/h4-17,21,31H,18-20H2,1-3H3,(H,37,39)/t31-/m0/s1. The third-order valence-electron chi connectivity index (χ3n) is 7.04. The number of carbonyl (C=O) groups is 2. The quantitative estimate of drug-likeness (QED) is 0.166. The van der Waals surface area contributed by atoms with Gasteiger partial charge in [0.05, 0.1) is 27.7 Å². The molecule has 1 aliphatic heterocycles. The summed E-state index contributed by atoms with van der Waals surface area (Å²) in [6.07, 6.45) is 0.206. The Morgan fingerprint density at radius 2 is 1.67 bits per heavy atom. The summed E-state index contributed by atoms with van der Waals surface area (Å²) in [5, 5.41) is 3.00. The second-order valence-electron chi connectivity index (χ2n) is 11.5. The van der Waals surface area contributed by atoms with E-state index in [1.54, 1.807) is 81.4 Å². The van der Waals surface area contributed by atoms with Crippen LogP contribution in [0, 0.1) is 5.82 Å². The van der Waals surface area contributed by atoms with Gasteiger partial charge in [-0.05, 0) is 92.6 Å². The molecule has 0 saturated carbocycles. The first-order chi connectivity index (χ1) is 21.3. The van der Waals surface area contributed by atoms with Crippen molar-refractivity contribution in [2.45, 2.75) is 43.7 Å². The zero-order chi connectivity index (χ0) is 32.4. The zero-order valence-corrected chi connectivity index (χ0v) is 26.5. The highest BCUT2D eigenvalue weighted by atomic mass is 35.5. The smallest absolute Gasteiger partial charge is 0.338 e. The number of carbonyl (C=O) groups excluding carboxylic acids is 2. The summed E-state index contributed by atoms with van der Waals surface area (Å²) in [6, 6.07) is 22.6. The van der Waals surface area contributed by atoms with Gasteiger partial charge in [-0.1, -0.05) is 41.9 Å². The van der Waals surface area contributed by atoms with Crippen molar-refractivity contribution in [1.29, 1.82) is 0 Å². The highest BCUT2D eigenvalue weighted by Crippen LogP contribution is 2.37. The lowest BCUT2D eigenvalue weighted by atomic mass is 10.1. The molecule has 4 aromatic carbocycles. The number of halogens is 2. The van der Waals surface area contributed by atoms with Crippen LogP contribution in [0.15, 0.2) is 95.9 Å². The average molecular weight is 651 g/mol. The Morgan fingerprint density at radius 3 is 2.33 bits per heavy atom. The molecule has 1 heterocycles. The zero-order valence-electron chi connectivity index (χ0n) is 24.9. The number of para-hydroxylation sites is 1. The maximum absolute atomic E-state index is 14.0. The van der Waals surface area contributed by atoms with E-state index in [0.717, 1.165) is 9.87 Å². The maximum Gasteiger partial charge on any atom is 0.338 e. The van der Waals surface area contributed by atoms with Gasteiger partial charge in [-0.25, -0.2) is 17.6 Å². The van der Waals surface area contributed by atoms with Gasteiger partial charge in [0.2, 0.25) is 5.91 Å². The number of amides is 1. The molecule has 1 aliphatic rings. The molecule has 5 rings (SSSR count). The summed E-state index contributed by atoms with van der Waals surface area (Å²) < 4.78 is 53.6. The lowest BCUT2D eigenvalue weighted by molar-refractivity contribution is -0.122. The summed E-state index contributed by atoms with van der Waals surface area (Å²) in [5.74, 6) is -0.875. The molecule has 0 unspecified atom stereocenters. The van der Waals surface area contributed by atoms with Crippen LogP contribution in [0.5, 0.6) is 5.75 Å². The molecule has 11 heteroatoms. The number of fused-ring (bicyclic) bond motifs is 1. The summed E-state index contributed by atoms with van der Waals surface area (Å²) in [5.41, 5.74) is 2.13. The number of rotatable bonds is 9. The van der Waals surface area contributed by atoms with Crippen LogP contribution in [0.2, 0.25) is 5.02 Å². The number of sulfonamides is 1. The van der Waals surface area contributed by atoms with Crippen molar-refractivity contribution in [2.75, 3.05) is 17.5 Å². The summed E-state index contributed by atoms with van der Waals surface area (Å²) in [4.78, 5) is 25.6. The molecule has 0 aromatic heterocycles. The molecule has 0 fully saturated rings. The Morgan fingerprint density at radius 1 is 0.978 bits per heavy atom. The highest BCUT2D eigenvalue weighted by molar-refractivity contribution is 7.93. The fourth-order valence-electron chi connectivity index (χ4n) is 4.98. The summed E-state index contributed by atoms with van der Waals surface area (Å²) in [6.45, 7) is 5.62. The fourth-order valence-corrected chi connectivity index (χ4v) is 6.91. The second-order valence-corrected chi connectivity index (χ2v) is 13.7. The van der Waals surface area contributed by atoms with Crippen molar-refractivity contribution in [2.24, 2.45) is 0 Å². The minimum Gasteiger partial charge on any atom is -0.492 e. The lowest BCUT2D eigenvalue weighted by Gasteiger charge is -2.26. The molecule has 45 heavy (non-hydrogen) atoms. The van der Waals surface area contributed by atoms with E-state index in [4.69, 9.17) is 21.1 Å². The minimum absolute atomic E-state index is 0.00264. The fraction of sp³-hybridized carbons (Fsp3) is 0.235. The first kappa shape index (κ1) is 32.0. The monoisotopic (exact) mass is 650 g/mol. The van der Waals surface area contributed by atoms with Gasteiger partial charge in [0, 0.05) is 12.0 Å². The average Bonchev–Trinajstić information content (AvgIpc) is 3.40. The Kier molecular flexibility index (Phi) is 9.18. The molecule has 234 valence electrons. The van der Waals surface area contributed by atoms with Crippen molar-refractivity contribution in [3.8, 4) is 16.9 Å². The van der Waals surface area contributed by atoms with E-state index in [1.807, 2.05) is 0 Å². The molecule has 0 bridgehead atoms. The Labute approximate surface area is 266 Å². The van der Waals surface area contributed by atoms with E-state index in [9.17, 15) is 22.4 Å². The molecule has 1 N–H and O–H groups in total. The van der Waals surface area contributed by atoms with Crippen LogP contribution >= 0.6 is 11.6 Å². The Bertz CT molecular complexity index is 1820. The lowest BCUT2D eigenvalue weighted by Crippen LogP contribution is -2.48. The third kappa shape index (κ3) is 7.29. The molecule has 0 saturated heterocycles. The number of esters is 1. The van der Waals surface area contributed by atoms with Gasteiger partial charge in [0.25, 0.3) is 10.0 Å². The third-order valence-corrected chi connectivity index (χ3v) is 9.19. The van der Waals surface area contributed by atoms with Gasteiger partial charge in [-0.3, -0.25) is 9.10 Å².